The Morgan fingerprint density at radius 1 is 1.10 bits per heavy atom. The van der Waals surface area contributed by atoms with Crippen LogP contribution in [-0.2, 0) is 4.79 Å². The summed E-state index contributed by atoms with van der Waals surface area (Å²) in [6.45, 7) is 0. The molecule has 0 amide bonds. The maximum absolute atomic E-state index is 12.5. The van der Waals surface area contributed by atoms with Crippen LogP contribution in [0.15, 0.2) is 55.1 Å². The van der Waals surface area contributed by atoms with Gasteiger partial charge in [0.05, 0.1) is 16.2 Å². The molecular weight excluding hydrogens is 432 g/mol. The van der Waals surface area contributed by atoms with E-state index in [1.165, 1.54) is 23.1 Å². The second kappa shape index (κ2) is 7.09. The van der Waals surface area contributed by atoms with Gasteiger partial charge in [0.2, 0.25) is 0 Å². The second-order valence-corrected chi connectivity index (χ2v) is 6.67. The molecule has 1 aromatic carbocycles. The fourth-order valence-corrected chi connectivity index (χ4v) is 3.34. The van der Waals surface area contributed by atoms with Gasteiger partial charge in [-0.25, -0.2) is 14.5 Å². The van der Waals surface area contributed by atoms with Crippen molar-refractivity contribution in [3.63, 3.8) is 0 Å². The first-order valence-corrected chi connectivity index (χ1v) is 8.76. The van der Waals surface area contributed by atoms with Gasteiger partial charge in [0.1, 0.15) is 5.69 Å². The summed E-state index contributed by atoms with van der Waals surface area (Å²) < 4.78 is 39.6. The minimum absolute atomic E-state index is 0.0450. The highest BCUT2D eigenvalue weighted by Gasteiger charge is 2.42. The molecule has 0 N–H and O–H groups in total. The molecule has 6 nitrogen and oxygen atoms in total. The van der Waals surface area contributed by atoms with Crippen molar-refractivity contribution in [1.29, 1.82) is 0 Å². The number of halogens is 5. The van der Waals surface area contributed by atoms with Gasteiger partial charge in [0.15, 0.2) is 5.65 Å². The van der Waals surface area contributed by atoms with Gasteiger partial charge in [-0.15, -0.1) is 0 Å². The van der Waals surface area contributed by atoms with Gasteiger partial charge in [-0.3, -0.25) is 0 Å². The summed E-state index contributed by atoms with van der Waals surface area (Å²) in [6.07, 6.45) is 0.660. The van der Waals surface area contributed by atoms with Gasteiger partial charge in [-0.2, -0.15) is 23.0 Å². The molecule has 0 aliphatic carbocycles. The van der Waals surface area contributed by atoms with E-state index in [1.807, 2.05) is 0 Å². The zero-order valence-electron chi connectivity index (χ0n) is 14.2. The maximum Gasteiger partial charge on any atom is 0.493 e. The number of fused-ring (bicyclic) bond motifs is 1. The lowest BCUT2D eigenvalue weighted by Crippen LogP contribution is -2.33. The third-order valence-electron chi connectivity index (χ3n) is 4.03. The lowest BCUT2D eigenvalue weighted by atomic mass is 10.1. The lowest BCUT2D eigenvalue weighted by molar-refractivity contribution is -0.199. The number of carbonyl (C=O) groups is 1. The van der Waals surface area contributed by atoms with Crippen molar-refractivity contribution in [2.24, 2.45) is 0 Å². The molecule has 11 heteroatoms. The Morgan fingerprint density at radius 2 is 1.83 bits per heavy atom. The van der Waals surface area contributed by atoms with E-state index in [0.717, 1.165) is 0 Å². The van der Waals surface area contributed by atoms with Crippen LogP contribution in [0.3, 0.4) is 0 Å². The molecule has 4 rings (SSSR count). The number of aromatic nitrogens is 4. The summed E-state index contributed by atoms with van der Waals surface area (Å²) in [7, 11) is 0. The molecule has 3 aromatic heterocycles. The molecule has 4 aromatic rings. The quantitative estimate of drug-likeness (QED) is 0.462. The van der Waals surface area contributed by atoms with E-state index in [4.69, 9.17) is 23.2 Å². The maximum atomic E-state index is 12.5. The first-order valence-electron chi connectivity index (χ1n) is 8.00. The van der Waals surface area contributed by atoms with E-state index >= 15 is 0 Å². The number of benzene rings is 1. The van der Waals surface area contributed by atoms with Gasteiger partial charge in [-0.05, 0) is 29.8 Å². The zero-order chi connectivity index (χ0) is 20.8. The van der Waals surface area contributed by atoms with Gasteiger partial charge in [0, 0.05) is 29.5 Å². The van der Waals surface area contributed by atoms with E-state index < -0.39 is 12.1 Å². The van der Waals surface area contributed by atoms with Crippen molar-refractivity contribution >= 4 is 40.2 Å². The van der Waals surface area contributed by atoms with Crippen LogP contribution in [0.4, 0.5) is 13.2 Å². The van der Waals surface area contributed by atoms with Crippen molar-refractivity contribution in [3.8, 4) is 16.8 Å². The molecule has 0 unspecified atom stereocenters. The predicted molar refractivity (Wildman–Crippen MR) is 100.0 cm³/mol. The van der Waals surface area contributed by atoms with Crippen LogP contribution in [0.5, 0.6) is 0 Å². The molecule has 0 saturated carbocycles. The first-order chi connectivity index (χ1) is 13.8. The third kappa shape index (κ3) is 3.54. The number of alkyl halides is 3. The molecule has 3 heterocycles. The largest absolute Gasteiger partial charge is 0.493 e. The molecular formula is C18H9Cl2F3N4O2. The van der Waals surface area contributed by atoms with Crippen LogP contribution in [0.2, 0.25) is 10.0 Å². The SMILES string of the molecule is O=C(On1ccc2c(-c3cnn(-c4c(Cl)cccc4Cl)c3)ccnc21)C(F)(F)F. The van der Waals surface area contributed by atoms with E-state index in [9.17, 15) is 18.0 Å². The smallest absolute Gasteiger partial charge is 0.326 e. The summed E-state index contributed by atoms with van der Waals surface area (Å²) in [4.78, 5) is 19.5. The van der Waals surface area contributed by atoms with Crippen molar-refractivity contribution < 1.29 is 22.8 Å². The molecule has 0 radical (unpaired) electrons. The van der Waals surface area contributed by atoms with E-state index in [2.05, 4.69) is 14.9 Å². The van der Waals surface area contributed by atoms with Gasteiger partial charge in [0.25, 0.3) is 0 Å². The fraction of sp³-hybridized carbons (Fsp3) is 0.0556. The number of hydrogen-bond acceptors (Lipinski definition) is 4. The Kier molecular flexibility index (Phi) is 4.71. The molecule has 0 atom stereocenters. The molecule has 0 spiro atoms. The first kappa shape index (κ1) is 19.3. The normalized spacial score (nSPS) is 11.8. The van der Waals surface area contributed by atoms with E-state index in [0.29, 0.717) is 37.0 Å². The Labute approximate surface area is 171 Å². The topological polar surface area (TPSA) is 61.9 Å². The number of pyridine rings is 1. The summed E-state index contributed by atoms with van der Waals surface area (Å²) in [5, 5.41) is 5.53. The standard InChI is InChI=1S/C18H9Cl2F3N4O2/c19-13-2-1-3-14(20)15(13)26-9-10(8-25-26)11-4-6-24-16-12(11)5-7-27(16)29-17(28)18(21,22)23/h1-9H. The number of nitrogens with zero attached hydrogens (tertiary/aromatic N) is 4. The van der Waals surface area contributed by atoms with Crippen molar-refractivity contribution in [1.82, 2.24) is 19.5 Å². The van der Waals surface area contributed by atoms with Crippen LogP contribution in [-0.4, -0.2) is 31.6 Å². The van der Waals surface area contributed by atoms with E-state index in [1.54, 1.807) is 36.7 Å². The number of para-hydroxylation sites is 1. The Hall–Kier alpha value is -3.04. The highest BCUT2D eigenvalue weighted by molar-refractivity contribution is 6.37. The molecule has 0 aliphatic heterocycles. The average Bonchev–Trinajstić information content (AvgIpc) is 3.28. The van der Waals surface area contributed by atoms with E-state index in [-0.39, 0.29) is 5.65 Å². The Bertz CT molecular complexity index is 1210. The average molecular weight is 441 g/mol. The van der Waals surface area contributed by atoms with Crippen molar-refractivity contribution in [2.75, 3.05) is 0 Å². The number of hydrogen-bond donors (Lipinski definition) is 0. The lowest BCUT2D eigenvalue weighted by Gasteiger charge is -2.08. The second-order valence-electron chi connectivity index (χ2n) is 5.86. The molecule has 0 bridgehead atoms. The Balaban J connectivity index is 1.75. The molecule has 148 valence electrons. The monoisotopic (exact) mass is 440 g/mol. The third-order valence-corrected chi connectivity index (χ3v) is 4.64. The van der Waals surface area contributed by atoms with Crippen LogP contribution in [0.25, 0.3) is 27.8 Å². The predicted octanol–water partition coefficient (Wildman–Crippen LogP) is 4.71. The van der Waals surface area contributed by atoms with Crippen LogP contribution in [0, 0.1) is 0 Å². The van der Waals surface area contributed by atoms with Gasteiger partial charge in [-0.1, -0.05) is 29.3 Å². The zero-order valence-corrected chi connectivity index (χ0v) is 15.7. The number of rotatable bonds is 3. The van der Waals surface area contributed by atoms with Crippen molar-refractivity contribution in [2.45, 2.75) is 6.18 Å². The minimum Gasteiger partial charge on any atom is -0.326 e. The highest BCUT2D eigenvalue weighted by Crippen LogP contribution is 2.32. The Morgan fingerprint density at radius 3 is 2.52 bits per heavy atom. The summed E-state index contributed by atoms with van der Waals surface area (Å²) in [5.41, 5.74) is 1.78. The molecule has 0 saturated heterocycles. The van der Waals surface area contributed by atoms with Gasteiger partial charge >= 0.3 is 12.1 Å². The summed E-state index contributed by atoms with van der Waals surface area (Å²) in [6, 6.07) is 8.19. The fourth-order valence-electron chi connectivity index (χ4n) is 2.77. The highest BCUT2D eigenvalue weighted by atomic mass is 35.5. The van der Waals surface area contributed by atoms with Gasteiger partial charge < -0.3 is 4.84 Å². The van der Waals surface area contributed by atoms with Crippen LogP contribution >= 0.6 is 23.2 Å². The molecule has 0 aliphatic rings. The van der Waals surface area contributed by atoms with Crippen molar-refractivity contribution in [3.05, 3.63) is 65.2 Å². The molecule has 0 fully saturated rings. The van der Waals surface area contributed by atoms with Crippen LogP contribution in [0.1, 0.15) is 0 Å². The van der Waals surface area contributed by atoms with Crippen LogP contribution < -0.4 is 4.84 Å². The molecule has 29 heavy (non-hydrogen) atoms. The summed E-state index contributed by atoms with van der Waals surface area (Å²) in [5.74, 6) is -2.34. The number of carbonyl (C=O) groups excluding carboxylic acids is 1. The minimum atomic E-state index is -5.12. The summed E-state index contributed by atoms with van der Waals surface area (Å²) >= 11 is 12.4.